The summed E-state index contributed by atoms with van der Waals surface area (Å²) >= 11 is 7.60. The van der Waals surface area contributed by atoms with Crippen LogP contribution in [0.3, 0.4) is 0 Å². The maximum Gasteiger partial charge on any atom is 0.271 e. The first-order valence-electron chi connectivity index (χ1n) is 26.5. The molecule has 2 atom stereocenters. The minimum Gasteiger partial charge on any atom is -0.377 e. The number of thiazole rings is 1. The van der Waals surface area contributed by atoms with E-state index in [1.54, 1.807) is 51.7 Å². The summed E-state index contributed by atoms with van der Waals surface area (Å²) in [5.74, 6) is -0.906. The Kier molecular flexibility index (Phi) is 19.4. The van der Waals surface area contributed by atoms with Crippen LogP contribution in [0.15, 0.2) is 48.7 Å². The number of hydrogen-bond donors (Lipinski definition) is 3. The van der Waals surface area contributed by atoms with E-state index in [1.165, 1.54) is 23.5 Å². The van der Waals surface area contributed by atoms with Gasteiger partial charge in [-0.1, -0.05) is 43.0 Å². The molecule has 3 aliphatic rings. The van der Waals surface area contributed by atoms with Crippen LogP contribution in [0.1, 0.15) is 98.1 Å². The van der Waals surface area contributed by atoms with Crippen LogP contribution in [0.5, 0.6) is 0 Å². The highest BCUT2D eigenvalue weighted by Gasteiger charge is 2.38. The summed E-state index contributed by atoms with van der Waals surface area (Å²) in [6.07, 6.45) is 7.19. The number of para-hydroxylation sites is 1. The summed E-state index contributed by atoms with van der Waals surface area (Å²) in [5.41, 5.74) is 2.86. The molecule has 77 heavy (non-hydrogen) atoms. The van der Waals surface area contributed by atoms with Crippen molar-refractivity contribution in [2.45, 2.75) is 71.8 Å². The number of carbonyl (C=O) groups excluding carboxylic acids is 6. The van der Waals surface area contributed by atoms with E-state index in [-0.39, 0.29) is 112 Å². The topological polar surface area (TPSA) is 214 Å². The summed E-state index contributed by atoms with van der Waals surface area (Å²) < 4.78 is 27.7. The number of likely N-dealkylation sites (N-methyl/N-ethyl adjacent to an activating group) is 1. The third-order valence-corrected chi connectivity index (χ3v) is 16.2. The zero-order valence-electron chi connectivity index (χ0n) is 44.5. The van der Waals surface area contributed by atoms with Gasteiger partial charge in [0.15, 0.2) is 0 Å². The lowest BCUT2D eigenvalue weighted by Gasteiger charge is -2.39. The largest absolute Gasteiger partial charge is 0.377 e. The monoisotopic (exact) mass is 1100 g/mol. The predicted octanol–water partition coefficient (Wildman–Crippen LogP) is 5.84. The number of rotatable bonds is 21. The smallest absolute Gasteiger partial charge is 0.271 e. The van der Waals surface area contributed by atoms with E-state index in [9.17, 15) is 33.2 Å². The minimum atomic E-state index is -0.562. The van der Waals surface area contributed by atoms with Gasteiger partial charge in [-0.2, -0.15) is 0 Å². The lowest BCUT2D eigenvalue weighted by atomic mass is 9.76. The Morgan fingerprint density at radius 2 is 1.57 bits per heavy atom. The van der Waals surface area contributed by atoms with Gasteiger partial charge in [-0.25, -0.2) is 19.3 Å². The van der Waals surface area contributed by atoms with E-state index in [2.05, 4.69) is 35.8 Å². The fraction of sp³-hybridized carbons (Fsp3) is 0.509. The number of hydrogen-bond acceptors (Lipinski definition) is 14. The van der Waals surface area contributed by atoms with Crippen molar-refractivity contribution in [3.05, 3.63) is 97.7 Å². The third-order valence-electron chi connectivity index (χ3n) is 14.9. The molecule has 0 bridgehead atoms. The molecule has 1 saturated carbocycles. The highest BCUT2D eigenvalue weighted by Crippen LogP contribution is 2.35. The van der Waals surface area contributed by atoms with Crippen LogP contribution >= 0.6 is 22.9 Å². The van der Waals surface area contributed by atoms with Crippen LogP contribution in [0.2, 0.25) is 5.02 Å². The highest BCUT2D eigenvalue weighted by molar-refractivity contribution is 7.13. The van der Waals surface area contributed by atoms with Crippen LogP contribution in [0.25, 0.3) is 10.9 Å². The van der Waals surface area contributed by atoms with Crippen LogP contribution in [-0.2, 0) is 37.3 Å². The molecule has 0 radical (unpaired) electrons. The van der Waals surface area contributed by atoms with E-state index >= 15 is 0 Å². The minimum absolute atomic E-state index is 0.0130. The number of anilines is 2. The number of ketones is 1. The van der Waals surface area contributed by atoms with Crippen molar-refractivity contribution in [3.63, 3.8) is 0 Å². The van der Waals surface area contributed by atoms with E-state index in [0.717, 1.165) is 54.2 Å². The van der Waals surface area contributed by atoms with Gasteiger partial charge < -0.3 is 49.6 Å². The molecule has 2 aliphatic heterocycles. The molecule has 19 nitrogen and oxygen atoms in total. The number of ether oxygens (including phenoxy) is 2. The maximum atomic E-state index is 14.7. The summed E-state index contributed by atoms with van der Waals surface area (Å²) in [4.78, 5) is 103. The van der Waals surface area contributed by atoms with Gasteiger partial charge in [-0.05, 0) is 76.4 Å². The second kappa shape index (κ2) is 26.3. The molecule has 3 aromatic heterocycles. The Labute approximate surface area is 457 Å². The van der Waals surface area contributed by atoms with Crippen molar-refractivity contribution in [1.29, 1.82) is 0 Å². The van der Waals surface area contributed by atoms with Crippen molar-refractivity contribution in [3.8, 4) is 0 Å². The molecule has 3 N–H and O–H groups in total. The van der Waals surface area contributed by atoms with E-state index < -0.39 is 23.5 Å². The first-order chi connectivity index (χ1) is 37.1. The van der Waals surface area contributed by atoms with Gasteiger partial charge in [-0.15, -0.1) is 11.3 Å². The Morgan fingerprint density at radius 1 is 0.857 bits per heavy atom. The van der Waals surface area contributed by atoms with Crippen LogP contribution in [0, 0.1) is 31.5 Å². The average molecular weight is 1100 g/mol. The first kappa shape index (κ1) is 56.8. The Balaban J connectivity index is 0.762. The summed E-state index contributed by atoms with van der Waals surface area (Å²) in [7, 11) is 3.41. The second-order valence-corrected chi connectivity index (χ2v) is 21.5. The molecule has 22 heteroatoms. The number of aromatic nitrogens is 4. The van der Waals surface area contributed by atoms with Gasteiger partial charge in [0.2, 0.25) is 11.8 Å². The van der Waals surface area contributed by atoms with Crippen molar-refractivity contribution in [2.24, 2.45) is 18.9 Å². The summed E-state index contributed by atoms with van der Waals surface area (Å²) in [6, 6.07) is 11.1. The number of nitrogens with zero attached hydrogens (tertiary/aromatic N) is 8. The molecule has 5 heterocycles. The number of nitrogens with one attached hydrogen (secondary N) is 3. The lowest BCUT2D eigenvalue weighted by molar-refractivity contribution is -0.142. The summed E-state index contributed by atoms with van der Waals surface area (Å²) in [5, 5.41) is 10.2. The van der Waals surface area contributed by atoms with Crippen molar-refractivity contribution < 1.29 is 42.6 Å². The third kappa shape index (κ3) is 14.0. The summed E-state index contributed by atoms with van der Waals surface area (Å²) in [6.45, 7) is 9.02. The van der Waals surface area contributed by atoms with Crippen LogP contribution in [0.4, 0.5) is 15.9 Å². The van der Waals surface area contributed by atoms with E-state index in [1.807, 2.05) is 39.0 Å². The molecule has 3 fully saturated rings. The quantitative estimate of drug-likeness (QED) is 0.0739. The van der Waals surface area contributed by atoms with Gasteiger partial charge in [0.05, 0.1) is 59.0 Å². The molecule has 5 aromatic rings. The van der Waals surface area contributed by atoms with E-state index in [0.29, 0.717) is 64.9 Å². The number of Topliss-reactive ketones (excluding diaryl/α,β-unsaturated/α-hetero) is 1. The van der Waals surface area contributed by atoms with Gasteiger partial charge in [0.25, 0.3) is 17.7 Å². The molecule has 2 aromatic carbocycles. The lowest BCUT2D eigenvalue weighted by Crippen LogP contribution is -2.53. The zero-order chi connectivity index (χ0) is 54.8. The van der Waals surface area contributed by atoms with Crippen molar-refractivity contribution in [2.75, 3.05) is 103 Å². The number of amides is 5. The number of aryl methyl sites for hydroxylation is 3. The van der Waals surface area contributed by atoms with Crippen molar-refractivity contribution >= 4 is 80.7 Å². The molecule has 1 aliphatic carbocycles. The Morgan fingerprint density at radius 3 is 2.30 bits per heavy atom. The average Bonchev–Trinajstić information content (AvgIpc) is 4.02. The fourth-order valence-corrected chi connectivity index (χ4v) is 11.5. The molecule has 0 spiro atoms. The second-order valence-electron chi connectivity index (χ2n) is 20.0. The van der Waals surface area contributed by atoms with Gasteiger partial charge in [0.1, 0.15) is 40.4 Å². The van der Waals surface area contributed by atoms with Crippen LogP contribution < -0.4 is 20.9 Å². The molecule has 2 saturated heterocycles. The van der Waals surface area contributed by atoms with E-state index in [4.69, 9.17) is 21.1 Å². The highest BCUT2D eigenvalue weighted by atomic mass is 35.5. The molecule has 412 valence electrons. The molecule has 8 rings (SSSR count). The van der Waals surface area contributed by atoms with Gasteiger partial charge in [0, 0.05) is 102 Å². The number of benzene rings is 2. The Bertz CT molecular complexity index is 2930. The first-order valence-corrected chi connectivity index (χ1v) is 27.7. The number of carbonyl (C=O) groups is 6. The van der Waals surface area contributed by atoms with Gasteiger partial charge >= 0.3 is 0 Å². The molecular weight excluding hydrogens is 1030 g/mol. The fourth-order valence-electron chi connectivity index (χ4n) is 10.4. The standard InChI is InChI=1S/C55H69ClFN11O8S/c1-34-10-9-13-42(56)50(34)63-52(71)45-32-60-47(77-45)30-39-29-46(62-36(3)61-39)65-17-19-66(20-18-65)48(70)33-76-27-26-75-25-16-59-53(72)49-41-28-38(57)14-15-43(41)64(5)51(49)55(74)68-23-21-67(22-24-68)54(73)40(31-44(69)35(2)58-4)37-11-7-6-8-12-37/h9-10,13-15,28-29,32,35,37,40,58H,6-8,11-12,16-27,30-31,33H2,1-5H3,(H,59,72)(H,63,71)/t35-,40-/m0/s1. The van der Waals surface area contributed by atoms with Gasteiger partial charge in [-0.3, -0.25) is 28.8 Å². The molecule has 5 amide bonds. The molecule has 0 unspecified atom stereocenters. The predicted molar refractivity (Wildman–Crippen MR) is 292 cm³/mol. The normalized spacial score (nSPS) is 16.1. The number of halogens is 2. The number of piperazine rings is 2. The Hall–Kier alpha value is -6.39. The SMILES string of the molecule is CN[C@@H](C)C(=O)C[C@H](C(=O)N1CCN(C(=O)c2c(C(=O)NCCOCCOCC(=O)N3CCN(c4cc(Cc5ncc(C(=O)Nc6c(C)cccc6Cl)s5)nc(C)n4)CC3)c3cc(F)ccc3n2C)CC1)C1CCCCC1. The van der Waals surface area contributed by atoms with Crippen LogP contribution in [-0.4, -0.2) is 168 Å². The van der Waals surface area contributed by atoms with Crippen molar-refractivity contribution in [1.82, 2.24) is 44.9 Å². The zero-order valence-corrected chi connectivity index (χ0v) is 46.1. The number of fused-ring (bicyclic) bond motifs is 1. The molecular formula is C55H69ClFN11O8S. The maximum absolute atomic E-state index is 14.7.